The van der Waals surface area contributed by atoms with Crippen molar-refractivity contribution in [3.63, 3.8) is 0 Å². The lowest BCUT2D eigenvalue weighted by molar-refractivity contribution is -0.134. The van der Waals surface area contributed by atoms with Crippen LogP contribution in [0.15, 0.2) is 78.9 Å². The normalized spacial score (nSPS) is 17.2. The Kier molecular flexibility index (Phi) is 7.62. The molecule has 7 nitrogen and oxygen atoms in total. The van der Waals surface area contributed by atoms with Gasteiger partial charge in [0.2, 0.25) is 5.91 Å². The quantitative estimate of drug-likeness (QED) is 0.377. The van der Waals surface area contributed by atoms with E-state index in [0.717, 1.165) is 29.1 Å². The number of nitrogens with one attached hydrogen (secondary N) is 2. The Balaban J connectivity index is 1.49. The molecular formula is C30H34N4O3. The number of benzene rings is 3. The molecule has 192 valence electrons. The first-order chi connectivity index (χ1) is 17.7. The lowest BCUT2D eigenvalue weighted by Crippen LogP contribution is -2.46. The summed E-state index contributed by atoms with van der Waals surface area (Å²) < 4.78 is 0. The molecule has 2 N–H and O–H groups in total. The van der Waals surface area contributed by atoms with Gasteiger partial charge in [-0.1, -0.05) is 55.8 Å². The van der Waals surface area contributed by atoms with Crippen LogP contribution >= 0.6 is 0 Å². The summed E-state index contributed by atoms with van der Waals surface area (Å²) in [5, 5.41) is 6.12. The van der Waals surface area contributed by atoms with Crippen molar-refractivity contribution in [2.24, 2.45) is 0 Å². The van der Waals surface area contributed by atoms with Gasteiger partial charge in [0.1, 0.15) is 12.1 Å². The van der Waals surface area contributed by atoms with E-state index in [9.17, 15) is 14.4 Å². The maximum atomic E-state index is 13.4. The zero-order chi connectivity index (χ0) is 26.6. The second kappa shape index (κ2) is 10.9. The summed E-state index contributed by atoms with van der Waals surface area (Å²) in [5.74, 6) is -0.759. The van der Waals surface area contributed by atoms with E-state index in [0.29, 0.717) is 11.3 Å². The molecule has 0 saturated carbocycles. The Morgan fingerprint density at radius 2 is 1.57 bits per heavy atom. The zero-order valence-corrected chi connectivity index (χ0v) is 21.8. The highest BCUT2D eigenvalue weighted by molar-refractivity contribution is 6.10. The van der Waals surface area contributed by atoms with Gasteiger partial charge in [-0.25, -0.2) is 4.79 Å². The first kappa shape index (κ1) is 25.9. The number of para-hydroxylation sites is 1. The number of hydrogen-bond acceptors (Lipinski definition) is 4. The van der Waals surface area contributed by atoms with Crippen LogP contribution in [0.1, 0.15) is 45.2 Å². The summed E-state index contributed by atoms with van der Waals surface area (Å²) in [5.41, 5.74) is 3.21. The fourth-order valence-electron chi connectivity index (χ4n) is 4.66. The molecule has 0 radical (unpaired) electrons. The Morgan fingerprint density at radius 3 is 2.16 bits per heavy atom. The van der Waals surface area contributed by atoms with Crippen molar-refractivity contribution in [2.45, 2.75) is 52.1 Å². The Morgan fingerprint density at radius 1 is 0.946 bits per heavy atom. The van der Waals surface area contributed by atoms with Crippen LogP contribution < -0.4 is 15.5 Å². The number of carbonyl (C=O) groups excluding carboxylic acids is 3. The van der Waals surface area contributed by atoms with Gasteiger partial charge in [0.25, 0.3) is 5.91 Å². The van der Waals surface area contributed by atoms with Crippen molar-refractivity contribution in [3.8, 4) is 0 Å². The average Bonchev–Trinajstić information content (AvgIpc) is 3.10. The minimum Gasteiger partial charge on any atom is -0.356 e. The van der Waals surface area contributed by atoms with Gasteiger partial charge in [-0.2, -0.15) is 0 Å². The van der Waals surface area contributed by atoms with E-state index in [-0.39, 0.29) is 18.5 Å². The number of rotatable bonds is 9. The van der Waals surface area contributed by atoms with Crippen LogP contribution in [0.25, 0.3) is 0 Å². The maximum Gasteiger partial charge on any atom is 0.325 e. The highest BCUT2D eigenvalue weighted by atomic mass is 16.2. The molecule has 4 rings (SSSR count). The fraction of sp³-hybridized carbons (Fsp3) is 0.300. The van der Waals surface area contributed by atoms with Crippen molar-refractivity contribution < 1.29 is 14.4 Å². The smallest absolute Gasteiger partial charge is 0.325 e. The van der Waals surface area contributed by atoms with Crippen LogP contribution in [-0.2, 0) is 21.5 Å². The number of aryl methyl sites for hydroxylation is 1. The molecule has 1 heterocycles. The molecule has 37 heavy (non-hydrogen) atoms. The molecule has 3 aromatic rings. The molecule has 1 atom stereocenters. The number of hydrogen-bond donors (Lipinski definition) is 2. The van der Waals surface area contributed by atoms with Crippen LogP contribution in [0.4, 0.5) is 21.9 Å². The van der Waals surface area contributed by atoms with Crippen molar-refractivity contribution in [2.75, 3.05) is 16.8 Å². The fourth-order valence-corrected chi connectivity index (χ4v) is 4.66. The van der Waals surface area contributed by atoms with E-state index < -0.39 is 17.5 Å². The lowest BCUT2D eigenvalue weighted by Gasteiger charge is -2.29. The largest absolute Gasteiger partial charge is 0.356 e. The molecule has 1 saturated heterocycles. The number of urea groups is 1. The molecule has 1 aliphatic heterocycles. The van der Waals surface area contributed by atoms with E-state index in [1.54, 1.807) is 11.8 Å². The molecule has 7 heteroatoms. The van der Waals surface area contributed by atoms with Crippen molar-refractivity contribution in [3.05, 3.63) is 90.0 Å². The summed E-state index contributed by atoms with van der Waals surface area (Å²) in [4.78, 5) is 42.3. The zero-order valence-electron chi connectivity index (χ0n) is 21.8. The predicted octanol–water partition coefficient (Wildman–Crippen LogP) is 5.59. The van der Waals surface area contributed by atoms with E-state index in [1.807, 2.05) is 92.7 Å². The highest BCUT2D eigenvalue weighted by Gasteiger charge is 2.49. The third kappa shape index (κ3) is 5.50. The first-order valence-corrected chi connectivity index (χ1v) is 12.7. The summed E-state index contributed by atoms with van der Waals surface area (Å²) >= 11 is 0. The number of nitrogens with zero attached hydrogens (tertiary/aromatic N) is 2. The van der Waals surface area contributed by atoms with E-state index in [1.165, 1.54) is 5.56 Å². The topological polar surface area (TPSA) is 81.8 Å². The molecule has 0 aliphatic carbocycles. The van der Waals surface area contributed by atoms with E-state index >= 15 is 0 Å². The van der Waals surface area contributed by atoms with Crippen LogP contribution in [-0.4, -0.2) is 35.3 Å². The van der Waals surface area contributed by atoms with Crippen molar-refractivity contribution in [1.82, 2.24) is 10.2 Å². The van der Waals surface area contributed by atoms with Crippen LogP contribution in [0, 0.1) is 0 Å². The Bertz CT molecular complexity index is 1260. The Hall–Kier alpha value is -4.13. The van der Waals surface area contributed by atoms with E-state index in [4.69, 9.17) is 0 Å². The van der Waals surface area contributed by atoms with Gasteiger partial charge < -0.3 is 15.5 Å². The summed E-state index contributed by atoms with van der Waals surface area (Å²) in [6, 6.07) is 24.3. The third-order valence-corrected chi connectivity index (χ3v) is 6.63. The van der Waals surface area contributed by atoms with Gasteiger partial charge in [0.15, 0.2) is 0 Å². The maximum absolute atomic E-state index is 13.4. The minimum absolute atomic E-state index is 0.168. The molecule has 1 fully saturated rings. The molecule has 4 amide bonds. The lowest BCUT2D eigenvalue weighted by atomic mass is 9.91. The van der Waals surface area contributed by atoms with Crippen molar-refractivity contribution in [1.29, 1.82) is 0 Å². The molecule has 0 bridgehead atoms. The predicted molar refractivity (Wildman–Crippen MR) is 147 cm³/mol. The van der Waals surface area contributed by atoms with Gasteiger partial charge in [0.05, 0.1) is 0 Å². The highest BCUT2D eigenvalue weighted by Crippen LogP contribution is 2.30. The number of imide groups is 1. The van der Waals surface area contributed by atoms with Gasteiger partial charge in [-0.15, -0.1) is 0 Å². The minimum atomic E-state index is -1.21. The molecule has 0 spiro atoms. The first-order valence-electron chi connectivity index (χ1n) is 12.7. The molecule has 0 aromatic heterocycles. The number of anilines is 3. The summed E-state index contributed by atoms with van der Waals surface area (Å²) in [6.07, 6.45) is 1.98. The number of carbonyl (C=O) groups is 3. The molecular weight excluding hydrogens is 464 g/mol. The third-order valence-electron chi connectivity index (χ3n) is 6.63. The second-order valence-corrected chi connectivity index (χ2v) is 9.79. The van der Waals surface area contributed by atoms with Gasteiger partial charge >= 0.3 is 6.03 Å². The standard InChI is InChI=1S/C30H34N4O3/c1-5-9-22-12-14-23(15-13-22)30(4)28(36)33(29(37)32-30)20-27(35)34(21(2)3)26-18-16-25(17-19-26)31-24-10-7-6-8-11-24/h6-8,10-19,21,31H,5,9,20H2,1-4H3,(H,32,37). The van der Waals surface area contributed by atoms with Crippen LogP contribution in [0.2, 0.25) is 0 Å². The van der Waals surface area contributed by atoms with Gasteiger partial charge in [0, 0.05) is 23.1 Å². The monoisotopic (exact) mass is 498 g/mol. The van der Waals surface area contributed by atoms with Gasteiger partial charge in [-0.05, 0) is 74.7 Å². The van der Waals surface area contributed by atoms with E-state index in [2.05, 4.69) is 17.6 Å². The van der Waals surface area contributed by atoms with Crippen LogP contribution in [0.5, 0.6) is 0 Å². The summed E-state index contributed by atoms with van der Waals surface area (Å²) in [7, 11) is 0. The SMILES string of the molecule is CCCc1ccc(C2(C)NC(=O)N(CC(=O)N(c3ccc(Nc4ccccc4)cc3)C(C)C)C2=O)cc1. The van der Waals surface area contributed by atoms with Gasteiger partial charge in [-0.3, -0.25) is 14.5 Å². The molecule has 3 aromatic carbocycles. The summed E-state index contributed by atoms with van der Waals surface area (Å²) in [6.45, 7) is 7.27. The van der Waals surface area contributed by atoms with Crippen LogP contribution in [0.3, 0.4) is 0 Å². The molecule has 1 aliphatic rings. The Labute approximate surface area is 218 Å². The average molecular weight is 499 g/mol. The van der Waals surface area contributed by atoms with Crippen molar-refractivity contribution >= 4 is 34.9 Å². The number of amides is 4. The second-order valence-electron chi connectivity index (χ2n) is 9.79. The molecule has 1 unspecified atom stereocenters.